The summed E-state index contributed by atoms with van der Waals surface area (Å²) in [5.41, 5.74) is -0.389. The van der Waals surface area contributed by atoms with Gasteiger partial charge in [0.15, 0.2) is 0 Å². The molecule has 1 aromatic rings. The molecule has 0 saturated carbocycles. The normalized spacial score (nSPS) is 15.9. The highest BCUT2D eigenvalue weighted by atomic mass is 16.6. The number of nitriles is 1. The van der Waals surface area contributed by atoms with Gasteiger partial charge in [0.2, 0.25) is 5.69 Å². The maximum Gasteiger partial charge on any atom is 0.305 e. The van der Waals surface area contributed by atoms with Gasteiger partial charge in [-0.3, -0.25) is 10.1 Å². The number of nitrogens with zero attached hydrogens (tertiary/aromatic N) is 4. The minimum absolute atomic E-state index is 0.139. The lowest BCUT2D eigenvalue weighted by Gasteiger charge is -2.32. The van der Waals surface area contributed by atoms with Crippen LogP contribution in [0, 0.1) is 21.4 Å². The molecule has 1 saturated heterocycles. The van der Waals surface area contributed by atoms with E-state index < -0.39 is 4.92 Å². The zero-order chi connectivity index (χ0) is 14.5. The van der Waals surface area contributed by atoms with E-state index in [4.69, 9.17) is 10.00 Å². The Bertz CT molecular complexity index is 533. The van der Waals surface area contributed by atoms with Gasteiger partial charge in [-0.1, -0.05) is 0 Å². The lowest BCUT2D eigenvalue weighted by Crippen LogP contribution is -2.37. The fraction of sp³-hybridized carbons (Fsp3) is 0.538. The summed E-state index contributed by atoms with van der Waals surface area (Å²) in [6, 6.07) is 4.72. The SMILES string of the molecule is CCOC1CCN(c2ccc([N+](=O)[O-])c(C#N)n2)CC1. The molecule has 1 fully saturated rings. The Morgan fingerprint density at radius 3 is 2.80 bits per heavy atom. The zero-order valence-corrected chi connectivity index (χ0v) is 11.3. The first-order valence-electron chi connectivity index (χ1n) is 6.57. The molecule has 1 aliphatic rings. The van der Waals surface area contributed by atoms with E-state index in [-0.39, 0.29) is 17.5 Å². The van der Waals surface area contributed by atoms with Crippen LogP contribution in [0.1, 0.15) is 25.5 Å². The van der Waals surface area contributed by atoms with E-state index in [0.717, 1.165) is 25.9 Å². The van der Waals surface area contributed by atoms with Crippen molar-refractivity contribution in [2.45, 2.75) is 25.9 Å². The third kappa shape index (κ3) is 3.03. The van der Waals surface area contributed by atoms with Gasteiger partial charge >= 0.3 is 5.69 Å². The van der Waals surface area contributed by atoms with E-state index in [1.807, 2.05) is 11.8 Å². The fourth-order valence-electron chi connectivity index (χ4n) is 2.33. The van der Waals surface area contributed by atoms with Crippen molar-refractivity contribution in [1.29, 1.82) is 5.26 Å². The fourth-order valence-corrected chi connectivity index (χ4v) is 2.33. The average Bonchev–Trinajstić information content (AvgIpc) is 2.47. The average molecular weight is 276 g/mol. The topological polar surface area (TPSA) is 92.3 Å². The van der Waals surface area contributed by atoms with Crippen molar-refractivity contribution >= 4 is 11.5 Å². The second-order valence-corrected chi connectivity index (χ2v) is 4.55. The Balaban J connectivity index is 2.11. The second kappa shape index (κ2) is 6.30. The van der Waals surface area contributed by atoms with Crippen molar-refractivity contribution in [2.75, 3.05) is 24.6 Å². The number of piperidine rings is 1. The van der Waals surface area contributed by atoms with Crippen molar-refractivity contribution in [3.05, 3.63) is 27.9 Å². The maximum atomic E-state index is 10.8. The Hall–Kier alpha value is -2.20. The number of anilines is 1. The highest BCUT2D eigenvalue weighted by Gasteiger charge is 2.22. The molecule has 0 bridgehead atoms. The van der Waals surface area contributed by atoms with Gasteiger partial charge in [-0.05, 0) is 25.8 Å². The zero-order valence-electron chi connectivity index (χ0n) is 11.3. The highest BCUT2D eigenvalue weighted by molar-refractivity contribution is 5.51. The van der Waals surface area contributed by atoms with Gasteiger partial charge in [0, 0.05) is 25.8 Å². The second-order valence-electron chi connectivity index (χ2n) is 4.55. The smallest absolute Gasteiger partial charge is 0.305 e. The van der Waals surface area contributed by atoms with E-state index >= 15 is 0 Å². The summed E-state index contributed by atoms with van der Waals surface area (Å²) in [4.78, 5) is 16.3. The third-order valence-electron chi connectivity index (χ3n) is 3.33. The Kier molecular flexibility index (Phi) is 4.48. The standard InChI is InChI=1S/C13H16N4O3/c1-2-20-10-5-7-16(8-6-10)13-4-3-12(17(18)19)11(9-14)15-13/h3-4,10H,2,5-8H2,1H3. The highest BCUT2D eigenvalue weighted by Crippen LogP contribution is 2.23. The molecule has 0 spiro atoms. The van der Waals surface area contributed by atoms with E-state index in [0.29, 0.717) is 12.4 Å². The van der Waals surface area contributed by atoms with Crippen molar-refractivity contribution in [3.63, 3.8) is 0 Å². The summed E-state index contributed by atoms with van der Waals surface area (Å²) >= 11 is 0. The molecule has 2 heterocycles. The first-order chi connectivity index (χ1) is 9.65. The van der Waals surface area contributed by atoms with Crippen LogP contribution in [0.2, 0.25) is 0 Å². The van der Waals surface area contributed by atoms with Crippen molar-refractivity contribution in [3.8, 4) is 6.07 Å². The van der Waals surface area contributed by atoms with Crippen LogP contribution in [-0.2, 0) is 4.74 Å². The molecule has 0 unspecified atom stereocenters. The number of nitro groups is 1. The Morgan fingerprint density at radius 1 is 1.55 bits per heavy atom. The molecule has 7 nitrogen and oxygen atoms in total. The lowest BCUT2D eigenvalue weighted by atomic mass is 10.1. The van der Waals surface area contributed by atoms with Gasteiger partial charge < -0.3 is 9.64 Å². The summed E-state index contributed by atoms with van der Waals surface area (Å²) in [5.74, 6) is 0.613. The molecule has 2 rings (SSSR count). The Morgan fingerprint density at radius 2 is 2.25 bits per heavy atom. The number of hydrogen-bond donors (Lipinski definition) is 0. The summed E-state index contributed by atoms with van der Waals surface area (Å²) in [6.07, 6.45) is 2.06. The largest absolute Gasteiger partial charge is 0.378 e. The van der Waals surface area contributed by atoms with Gasteiger partial charge in [-0.2, -0.15) is 5.26 Å². The van der Waals surface area contributed by atoms with E-state index in [2.05, 4.69) is 4.98 Å². The van der Waals surface area contributed by atoms with Gasteiger partial charge in [-0.15, -0.1) is 0 Å². The molecule has 1 aromatic heterocycles. The molecule has 0 amide bonds. The lowest BCUT2D eigenvalue weighted by molar-refractivity contribution is -0.385. The minimum atomic E-state index is -0.587. The predicted molar refractivity (Wildman–Crippen MR) is 72.5 cm³/mol. The van der Waals surface area contributed by atoms with Crippen LogP contribution in [0.15, 0.2) is 12.1 Å². The molecule has 0 atom stereocenters. The van der Waals surface area contributed by atoms with Crippen LogP contribution >= 0.6 is 0 Å². The molecular weight excluding hydrogens is 260 g/mol. The molecule has 1 aliphatic heterocycles. The van der Waals surface area contributed by atoms with E-state index in [1.165, 1.54) is 6.07 Å². The minimum Gasteiger partial charge on any atom is -0.378 e. The van der Waals surface area contributed by atoms with Crippen LogP contribution < -0.4 is 4.90 Å². The van der Waals surface area contributed by atoms with Crippen LogP contribution in [-0.4, -0.2) is 35.7 Å². The van der Waals surface area contributed by atoms with Crippen molar-refractivity contribution < 1.29 is 9.66 Å². The molecule has 20 heavy (non-hydrogen) atoms. The molecule has 0 N–H and O–H groups in total. The molecule has 7 heteroatoms. The number of aromatic nitrogens is 1. The molecule has 0 aromatic carbocycles. The predicted octanol–water partition coefficient (Wildman–Crippen LogP) is 1.87. The van der Waals surface area contributed by atoms with E-state index in [9.17, 15) is 10.1 Å². The summed E-state index contributed by atoms with van der Waals surface area (Å²) in [6.45, 7) is 4.24. The van der Waals surface area contributed by atoms with Gasteiger partial charge in [0.05, 0.1) is 11.0 Å². The number of ether oxygens (including phenoxy) is 1. The maximum absolute atomic E-state index is 10.8. The number of hydrogen-bond acceptors (Lipinski definition) is 6. The van der Waals surface area contributed by atoms with Crippen LogP contribution in [0.3, 0.4) is 0 Å². The van der Waals surface area contributed by atoms with Crippen molar-refractivity contribution in [2.24, 2.45) is 0 Å². The van der Waals surface area contributed by atoms with Crippen LogP contribution in [0.5, 0.6) is 0 Å². The summed E-state index contributed by atoms with van der Waals surface area (Å²) in [7, 11) is 0. The van der Waals surface area contributed by atoms with Gasteiger partial charge in [-0.25, -0.2) is 4.98 Å². The number of pyridine rings is 1. The van der Waals surface area contributed by atoms with Gasteiger partial charge in [0.1, 0.15) is 11.9 Å². The molecule has 106 valence electrons. The Labute approximate surface area is 116 Å². The molecule has 0 radical (unpaired) electrons. The summed E-state index contributed by atoms with van der Waals surface area (Å²) < 4.78 is 5.57. The van der Waals surface area contributed by atoms with Gasteiger partial charge in [0.25, 0.3) is 0 Å². The van der Waals surface area contributed by atoms with E-state index in [1.54, 1.807) is 12.1 Å². The third-order valence-corrected chi connectivity index (χ3v) is 3.33. The number of rotatable bonds is 4. The molecule has 0 aliphatic carbocycles. The quantitative estimate of drug-likeness (QED) is 0.615. The van der Waals surface area contributed by atoms with Crippen molar-refractivity contribution in [1.82, 2.24) is 4.98 Å². The monoisotopic (exact) mass is 276 g/mol. The van der Waals surface area contributed by atoms with Crippen LogP contribution in [0.4, 0.5) is 11.5 Å². The van der Waals surface area contributed by atoms with Crippen LogP contribution in [0.25, 0.3) is 0 Å². The summed E-state index contributed by atoms with van der Waals surface area (Å²) in [5, 5.41) is 19.7. The first-order valence-corrected chi connectivity index (χ1v) is 6.57. The molecular formula is C13H16N4O3. The first kappa shape index (κ1) is 14.2.